The Kier molecular flexibility index (Phi) is 7.24. The number of hydrogen-bond acceptors (Lipinski definition) is 8. The third kappa shape index (κ3) is 4.19. The highest BCUT2D eigenvalue weighted by Crippen LogP contribution is 2.74. The van der Waals surface area contributed by atoms with E-state index >= 15 is 0 Å². The van der Waals surface area contributed by atoms with Crippen LogP contribution >= 0.6 is 0 Å². The topological polar surface area (TPSA) is 141 Å². The van der Waals surface area contributed by atoms with Crippen LogP contribution < -0.4 is 0 Å². The number of ether oxygens (including phenoxy) is 1. The van der Waals surface area contributed by atoms with Gasteiger partial charge in [-0.3, -0.25) is 14.4 Å². The maximum Gasteiger partial charge on any atom is 0.303 e. The molecule has 4 aliphatic rings. The maximum absolute atomic E-state index is 14.3. The minimum atomic E-state index is -1.98. The van der Waals surface area contributed by atoms with Crippen LogP contribution in [0.25, 0.3) is 0 Å². The van der Waals surface area contributed by atoms with E-state index in [0.717, 1.165) is 5.57 Å². The van der Waals surface area contributed by atoms with E-state index in [2.05, 4.69) is 13.0 Å². The van der Waals surface area contributed by atoms with Crippen LogP contribution in [0.3, 0.4) is 0 Å². The van der Waals surface area contributed by atoms with Crippen LogP contribution in [-0.2, 0) is 19.1 Å². The van der Waals surface area contributed by atoms with Crippen molar-refractivity contribution in [3.8, 4) is 0 Å². The summed E-state index contributed by atoms with van der Waals surface area (Å²) in [6, 6.07) is 0. The van der Waals surface area contributed by atoms with Gasteiger partial charge in [-0.05, 0) is 74.9 Å². The lowest BCUT2D eigenvalue weighted by molar-refractivity contribution is -0.186. The Morgan fingerprint density at radius 3 is 2.20 bits per heavy atom. The highest BCUT2D eigenvalue weighted by atomic mass is 16.6. The predicted octanol–water partition coefficient (Wildman–Crippen LogP) is 3.29. The van der Waals surface area contributed by atoms with E-state index in [4.69, 9.17) is 4.74 Å². The second-order valence-electron chi connectivity index (χ2n) is 15.0. The molecule has 3 fully saturated rings. The molecule has 0 heterocycles. The Balaban J connectivity index is 1.74. The molecular formula is C32H48O8. The van der Waals surface area contributed by atoms with Gasteiger partial charge in [0.05, 0.1) is 18.3 Å². The number of fused-ring (bicyclic) bond motifs is 5. The molecule has 8 nitrogen and oxygen atoms in total. The fourth-order valence-corrected chi connectivity index (χ4v) is 9.55. The third-order valence-electron chi connectivity index (χ3n) is 11.8. The van der Waals surface area contributed by atoms with E-state index in [0.29, 0.717) is 12.8 Å². The molecule has 0 spiro atoms. The first kappa shape index (κ1) is 31.1. The summed E-state index contributed by atoms with van der Waals surface area (Å²) in [4.78, 5) is 39.2. The quantitative estimate of drug-likeness (QED) is 0.228. The van der Waals surface area contributed by atoms with Crippen molar-refractivity contribution in [3.63, 3.8) is 0 Å². The predicted molar refractivity (Wildman–Crippen MR) is 149 cm³/mol. The van der Waals surface area contributed by atoms with Crippen LogP contribution in [0.1, 0.15) is 88.0 Å². The zero-order valence-electron chi connectivity index (χ0n) is 25.4. The zero-order valence-corrected chi connectivity index (χ0v) is 25.4. The standard InChI is InChI=1S/C32H48O8/c1-17(33)40-27(2,3)13-12-23(36)32(9,39)25-21(35)15-29(6)22-11-10-18-19(14-20(34)26(38)28(18,4)5)31(22,8)24(37)16-30(25,29)7/h10,12-13,19-22,25-26,34-35,38-39H,11,14-16H2,1-9H3/b13-12+/t19-,20-,21+,22-,25+,26-,29+,30-,31-,32-/m0/s1. The number of hydrogen-bond donors (Lipinski definition) is 4. The van der Waals surface area contributed by atoms with E-state index in [1.807, 2.05) is 27.7 Å². The average molecular weight is 561 g/mol. The van der Waals surface area contributed by atoms with Crippen LogP contribution in [0.2, 0.25) is 0 Å². The van der Waals surface area contributed by atoms with Gasteiger partial charge in [0, 0.05) is 30.1 Å². The highest BCUT2D eigenvalue weighted by molar-refractivity contribution is 5.97. The molecule has 10 atom stereocenters. The van der Waals surface area contributed by atoms with Gasteiger partial charge in [-0.2, -0.15) is 0 Å². The number of aliphatic hydroxyl groups excluding tert-OH is 3. The molecule has 4 rings (SSSR count). The van der Waals surface area contributed by atoms with E-state index < -0.39 is 68.8 Å². The van der Waals surface area contributed by atoms with Crippen LogP contribution in [0, 0.1) is 39.4 Å². The smallest absolute Gasteiger partial charge is 0.303 e. The summed E-state index contributed by atoms with van der Waals surface area (Å²) in [5, 5.41) is 44.9. The Labute approximate surface area is 237 Å². The maximum atomic E-state index is 14.3. The van der Waals surface area contributed by atoms with Crippen LogP contribution in [0.15, 0.2) is 23.8 Å². The van der Waals surface area contributed by atoms with Gasteiger partial charge in [0.15, 0.2) is 5.78 Å². The van der Waals surface area contributed by atoms with Gasteiger partial charge >= 0.3 is 5.97 Å². The van der Waals surface area contributed by atoms with Crippen LogP contribution in [0.5, 0.6) is 0 Å². The summed E-state index contributed by atoms with van der Waals surface area (Å²) < 4.78 is 5.23. The van der Waals surface area contributed by atoms with E-state index in [1.165, 1.54) is 26.0 Å². The molecule has 224 valence electrons. The molecule has 3 saturated carbocycles. The Morgan fingerprint density at radius 2 is 1.62 bits per heavy atom. The van der Waals surface area contributed by atoms with E-state index in [-0.39, 0.29) is 30.5 Å². The molecule has 0 aliphatic heterocycles. The number of aliphatic hydroxyl groups is 4. The van der Waals surface area contributed by atoms with Crippen molar-refractivity contribution in [2.75, 3.05) is 0 Å². The molecule has 0 aromatic rings. The SMILES string of the molecule is CC(=O)OC(C)(C)/C=C/C(=O)[C@](C)(O)[C@@H]1[C@H](O)C[C@]2(C)[C@@H]3CC=C4[C@H](C[C@H](O)[C@H](O)C4(C)C)[C@]3(C)C(=O)C[C@@]12C. The summed E-state index contributed by atoms with van der Waals surface area (Å²) >= 11 is 0. The van der Waals surface area contributed by atoms with Crippen molar-refractivity contribution < 1.29 is 39.5 Å². The zero-order chi connectivity index (χ0) is 30.4. The lowest BCUT2D eigenvalue weighted by Gasteiger charge is -2.65. The van der Waals surface area contributed by atoms with Gasteiger partial charge in [0.25, 0.3) is 0 Å². The van der Waals surface area contributed by atoms with Gasteiger partial charge in [0.2, 0.25) is 0 Å². The average Bonchev–Trinajstić information content (AvgIpc) is 3.01. The van der Waals surface area contributed by atoms with Crippen LogP contribution in [-0.4, -0.2) is 67.5 Å². The summed E-state index contributed by atoms with van der Waals surface area (Å²) in [5.41, 5.74) is -5.04. The molecule has 0 aromatic heterocycles. The number of carbonyl (C=O) groups excluding carboxylic acids is 3. The van der Waals surface area contributed by atoms with Gasteiger partial charge in [-0.1, -0.05) is 46.3 Å². The Bertz CT molecular complexity index is 1160. The first-order valence-electron chi connectivity index (χ1n) is 14.5. The van der Waals surface area contributed by atoms with Crippen LogP contribution in [0.4, 0.5) is 0 Å². The first-order valence-corrected chi connectivity index (χ1v) is 14.5. The molecule has 0 unspecified atom stereocenters. The molecule has 0 amide bonds. The van der Waals surface area contributed by atoms with E-state index in [1.54, 1.807) is 13.8 Å². The number of rotatable bonds is 5. The van der Waals surface area contributed by atoms with Gasteiger partial charge < -0.3 is 25.2 Å². The molecule has 40 heavy (non-hydrogen) atoms. The Hall–Kier alpha value is -1.87. The number of carbonyl (C=O) groups is 3. The second-order valence-corrected chi connectivity index (χ2v) is 15.0. The molecule has 8 heteroatoms. The fourth-order valence-electron chi connectivity index (χ4n) is 9.55. The van der Waals surface area contributed by atoms with Gasteiger partial charge in [-0.25, -0.2) is 0 Å². The summed E-state index contributed by atoms with van der Waals surface area (Å²) in [6.45, 7) is 15.7. The molecule has 0 bridgehead atoms. The molecule has 0 radical (unpaired) electrons. The minimum Gasteiger partial charge on any atom is -0.456 e. The summed E-state index contributed by atoms with van der Waals surface area (Å²) in [5.74, 6) is -2.48. The van der Waals surface area contributed by atoms with Crippen molar-refractivity contribution in [1.29, 1.82) is 0 Å². The second kappa shape index (κ2) is 9.32. The molecule has 4 N–H and O–H groups in total. The number of Topliss-reactive ketones (excluding diaryl/α,β-unsaturated/α-hetero) is 1. The molecule has 0 saturated heterocycles. The lowest BCUT2D eigenvalue weighted by Crippen LogP contribution is -2.65. The van der Waals surface area contributed by atoms with Crippen molar-refractivity contribution in [3.05, 3.63) is 23.8 Å². The largest absolute Gasteiger partial charge is 0.456 e. The summed E-state index contributed by atoms with van der Waals surface area (Å²) in [6.07, 6.45) is 3.10. The highest BCUT2D eigenvalue weighted by Gasteiger charge is 2.74. The van der Waals surface area contributed by atoms with Crippen molar-refractivity contribution in [2.24, 2.45) is 39.4 Å². The van der Waals surface area contributed by atoms with Gasteiger partial charge in [0.1, 0.15) is 17.0 Å². The first-order chi connectivity index (χ1) is 18.1. The minimum absolute atomic E-state index is 0.00125. The van der Waals surface area contributed by atoms with Crippen molar-refractivity contribution in [2.45, 2.75) is 118 Å². The molecular weight excluding hydrogens is 512 g/mol. The number of ketones is 2. The Morgan fingerprint density at radius 1 is 1.02 bits per heavy atom. The van der Waals surface area contributed by atoms with Crippen molar-refractivity contribution in [1.82, 2.24) is 0 Å². The number of allylic oxidation sites excluding steroid dienone is 1. The third-order valence-corrected chi connectivity index (χ3v) is 11.8. The van der Waals surface area contributed by atoms with Gasteiger partial charge in [-0.15, -0.1) is 0 Å². The van der Waals surface area contributed by atoms with Crippen molar-refractivity contribution >= 4 is 17.5 Å². The normalized spacial score (nSPS) is 44.2. The molecule has 0 aromatic carbocycles. The monoisotopic (exact) mass is 560 g/mol. The summed E-state index contributed by atoms with van der Waals surface area (Å²) in [7, 11) is 0. The fraction of sp³-hybridized carbons (Fsp3) is 0.781. The molecule has 4 aliphatic carbocycles. The number of esters is 1. The van der Waals surface area contributed by atoms with E-state index in [9.17, 15) is 34.8 Å². The lowest BCUT2D eigenvalue weighted by atomic mass is 9.38.